The van der Waals surface area contributed by atoms with Crippen LogP contribution in [0.4, 0.5) is 5.69 Å². The summed E-state index contributed by atoms with van der Waals surface area (Å²) >= 11 is 0. The standard InChI is InChI=1S/C23H18N2O/c26-23-19-12-6-7-13-21(19)25-15-17-10-4-5-11-18(17)20(22(25)24-23)14-16-8-2-1-3-9-16/h1-13H,14-15H2,(H,24,26). The average molecular weight is 338 g/mol. The summed E-state index contributed by atoms with van der Waals surface area (Å²) < 4.78 is 0. The molecule has 5 rings (SSSR count). The van der Waals surface area contributed by atoms with E-state index in [9.17, 15) is 4.79 Å². The van der Waals surface area contributed by atoms with Gasteiger partial charge in [0.2, 0.25) is 0 Å². The fraction of sp³-hybridized carbons (Fsp3) is 0.0870. The van der Waals surface area contributed by atoms with Gasteiger partial charge in [-0.05, 0) is 28.8 Å². The van der Waals surface area contributed by atoms with E-state index in [-0.39, 0.29) is 5.91 Å². The Morgan fingerprint density at radius 2 is 1.50 bits per heavy atom. The van der Waals surface area contributed by atoms with Crippen molar-refractivity contribution in [3.8, 4) is 0 Å². The van der Waals surface area contributed by atoms with E-state index in [0.29, 0.717) is 0 Å². The molecule has 0 atom stereocenters. The molecule has 2 aliphatic heterocycles. The van der Waals surface area contributed by atoms with E-state index in [1.54, 1.807) is 0 Å². The van der Waals surface area contributed by atoms with Crippen LogP contribution in [-0.4, -0.2) is 5.91 Å². The van der Waals surface area contributed by atoms with Crippen LogP contribution in [0.3, 0.4) is 0 Å². The van der Waals surface area contributed by atoms with Gasteiger partial charge in [0.15, 0.2) is 0 Å². The quantitative estimate of drug-likeness (QED) is 0.753. The van der Waals surface area contributed by atoms with E-state index in [1.165, 1.54) is 22.3 Å². The van der Waals surface area contributed by atoms with Crippen LogP contribution in [0, 0.1) is 0 Å². The van der Waals surface area contributed by atoms with Crippen molar-refractivity contribution in [3.63, 3.8) is 0 Å². The van der Waals surface area contributed by atoms with Crippen LogP contribution in [0.2, 0.25) is 0 Å². The van der Waals surface area contributed by atoms with Crippen molar-refractivity contribution >= 4 is 17.2 Å². The molecule has 3 heteroatoms. The zero-order chi connectivity index (χ0) is 17.5. The van der Waals surface area contributed by atoms with Crippen molar-refractivity contribution in [2.75, 3.05) is 4.90 Å². The summed E-state index contributed by atoms with van der Waals surface area (Å²) in [6.07, 6.45) is 0.784. The van der Waals surface area contributed by atoms with Crippen LogP contribution in [0.1, 0.15) is 27.0 Å². The van der Waals surface area contributed by atoms with Gasteiger partial charge in [0.1, 0.15) is 5.82 Å². The molecule has 0 bridgehead atoms. The summed E-state index contributed by atoms with van der Waals surface area (Å²) in [4.78, 5) is 14.9. The smallest absolute Gasteiger partial charge is 0.258 e. The van der Waals surface area contributed by atoms with Gasteiger partial charge in [0, 0.05) is 12.0 Å². The molecular formula is C23H18N2O. The molecule has 1 amide bonds. The first-order valence-corrected chi connectivity index (χ1v) is 8.84. The number of nitrogens with zero attached hydrogens (tertiary/aromatic N) is 1. The average Bonchev–Trinajstić information content (AvgIpc) is 2.70. The van der Waals surface area contributed by atoms with Crippen LogP contribution in [0.25, 0.3) is 5.57 Å². The molecule has 0 radical (unpaired) electrons. The number of anilines is 1. The number of carbonyl (C=O) groups excluding carboxylic acids is 1. The van der Waals surface area contributed by atoms with Gasteiger partial charge < -0.3 is 10.2 Å². The van der Waals surface area contributed by atoms with E-state index in [1.807, 2.05) is 30.3 Å². The largest absolute Gasteiger partial charge is 0.322 e. The molecule has 126 valence electrons. The number of benzene rings is 3. The number of fused-ring (bicyclic) bond motifs is 4. The Morgan fingerprint density at radius 3 is 2.35 bits per heavy atom. The molecule has 26 heavy (non-hydrogen) atoms. The Bertz CT molecular complexity index is 1040. The molecule has 1 N–H and O–H groups in total. The zero-order valence-electron chi connectivity index (χ0n) is 14.3. The van der Waals surface area contributed by atoms with Crippen molar-refractivity contribution in [1.29, 1.82) is 0 Å². The molecule has 2 aliphatic rings. The molecule has 2 heterocycles. The van der Waals surface area contributed by atoms with E-state index >= 15 is 0 Å². The van der Waals surface area contributed by atoms with Gasteiger partial charge in [-0.15, -0.1) is 0 Å². The first-order valence-electron chi connectivity index (χ1n) is 8.84. The highest BCUT2D eigenvalue weighted by Gasteiger charge is 2.33. The zero-order valence-corrected chi connectivity index (χ0v) is 14.3. The number of nitrogens with one attached hydrogen (secondary N) is 1. The predicted octanol–water partition coefficient (Wildman–Crippen LogP) is 4.36. The van der Waals surface area contributed by atoms with Crippen LogP contribution >= 0.6 is 0 Å². The Kier molecular flexibility index (Phi) is 3.39. The van der Waals surface area contributed by atoms with Gasteiger partial charge in [-0.1, -0.05) is 66.7 Å². The van der Waals surface area contributed by atoms with Crippen molar-refractivity contribution in [3.05, 3.63) is 107 Å². The lowest BCUT2D eigenvalue weighted by molar-refractivity contribution is 0.0960. The lowest BCUT2D eigenvalue weighted by atomic mass is 9.89. The minimum Gasteiger partial charge on any atom is -0.322 e. The summed E-state index contributed by atoms with van der Waals surface area (Å²) in [6, 6.07) is 26.7. The number of allylic oxidation sites excluding steroid dienone is 1. The van der Waals surface area contributed by atoms with Crippen molar-refractivity contribution in [1.82, 2.24) is 5.32 Å². The maximum atomic E-state index is 12.7. The van der Waals surface area contributed by atoms with Crippen LogP contribution in [-0.2, 0) is 13.0 Å². The number of carbonyl (C=O) groups is 1. The van der Waals surface area contributed by atoms with Crippen LogP contribution < -0.4 is 10.2 Å². The maximum absolute atomic E-state index is 12.7. The first-order chi connectivity index (χ1) is 12.8. The highest BCUT2D eigenvalue weighted by molar-refractivity contribution is 6.05. The van der Waals surface area contributed by atoms with E-state index in [0.717, 1.165) is 30.0 Å². The first kappa shape index (κ1) is 15.0. The van der Waals surface area contributed by atoms with Crippen molar-refractivity contribution < 1.29 is 4.79 Å². The summed E-state index contributed by atoms with van der Waals surface area (Å²) in [5.74, 6) is 0.882. The Hall–Kier alpha value is -3.33. The Labute approximate surface area is 152 Å². The summed E-state index contributed by atoms with van der Waals surface area (Å²) in [5.41, 5.74) is 6.62. The molecule has 0 aromatic heterocycles. The molecule has 3 aromatic carbocycles. The topological polar surface area (TPSA) is 32.3 Å². The van der Waals surface area contributed by atoms with E-state index in [2.05, 4.69) is 58.7 Å². The third kappa shape index (κ3) is 2.32. The highest BCUT2D eigenvalue weighted by Crippen LogP contribution is 2.39. The van der Waals surface area contributed by atoms with Crippen molar-refractivity contribution in [2.24, 2.45) is 0 Å². The van der Waals surface area contributed by atoms with Gasteiger partial charge in [-0.2, -0.15) is 0 Å². The second kappa shape index (κ2) is 5.88. The summed E-state index contributed by atoms with van der Waals surface area (Å²) in [6.45, 7) is 0.765. The summed E-state index contributed by atoms with van der Waals surface area (Å²) in [7, 11) is 0. The molecule has 0 fully saturated rings. The second-order valence-corrected chi connectivity index (χ2v) is 6.70. The number of para-hydroxylation sites is 1. The number of hydrogen-bond donors (Lipinski definition) is 1. The van der Waals surface area contributed by atoms with Crippen molar-refractivity contribution in [2.45, 2.75) is 13.0 Å². The number of hydrogen-bond acceptors (Lipinski definition) is 2. The molecule has 3 nitrogen and oxygen atoms in total. The normalized spacial score (nSPS) is 15.1. The third-order valence-electron chi connectivity index (χ3n) is 5.12. The van der Waals surface area contributed by atoms with Gasteiger partial charge in [-0.25, -0.2) is 0 Å². The minimum atomic E-state index is -0.0307. The van der Waals surface area contributed by atoms with Gasteiger partial charge in [0.05, 0.1) is 17.8 Å². The highest BCUT2D eigenvalue weighted by atomic mass is 16.2. The lowest BCUT2D eigenvalue weighted by Gasteiger charge is -2.39. The molecule has 0 saturated carbocycles. The fourth-order valence-electron chi connectivity index (χ4n) is 3.90. The maximum Gasteiger partial charge on any atom is 0.258 e. The fourth-order valence-corrected chi connectivity index (χ4v) is 3.90. The second-order valence-electron chi connectivity index (χ2n) is 6.70. The third-order valence-corrected chi connectivity index (χ3v) is 5.12. The molecule has 3 aromatic rings. The van der Waals surface area contributed by atoms with E-state index < -0.39 is 0 Å². The van der Waals surface area contributed by atoms with E-state index in [4.69, 9.17) is 0 Å². The van der Waals surface area contributed by atoms with Gasteiger partial charge in [0.25, 0.3) is 5.91 Å². The molecule has 0 spiro atoms. The van der Waals surface area contributed by atoms with Gasteiger partial charge in [-0.3, -0.25) is 4.79 Å². The molecule has 0 aliphatic carbocycles. The monoisotopic (exact) mass is 338 g/mol. The summed E-state index contributed by atoms with van der Waals surface area (Å²) in [5, 5.41) is 3.15. The SMILES string of the molecule is O=C1NC2=C(Cc3ccccc3)c3ccccc3CN2c2ccccc21. The number of amides is 1. The predicted molar refractivity (Wildman–Crippen MR) is 104 cm³/mol. The molecular weight excluding hydrogens is 320 g/mol. The minimum absolute atomic E-state index is 0.0307. The Morgan fingerprint density at radius 1 is 0.808 bits per heavy atom. The molecule has 0 saturated heterocycles. The lowest BCUT2D eigenvalue weighted by Crippen LogP contribution is -2.43. The van der Waals surface area contributed by atoms with Crippen LogP contribution in [0.15, 0.2) is 84.7 Å². The Balaban J connectivity index is 1.71. The van der Waals surface area contributed by atoms with Gasteiger partial charge >= 0.3 is 0 Å². The number of rotatable bonds is 2. The molecule has 0 unspecified atom stereocenters. The van der Waals surface area contributed by atoms with Crippen LogP contribution in [0.5, 0.6) is 0 Å².